The van der Waals surface area contributed by atoms with Crippen LogP contribution in [0.4, 0.5) is 0 Å². The van der Waals surface area contributed by atoms with E-state index >= 15 is 0 Å². The van der Waals surface area contributed by atoms with Gasteiger partial charge in [-0.3, -0.25) is 4.79 Å². The van der Waals surface area contributed by atoms with Crippen molar-refractivity contribution in [2.45, 2.75) is 39.3 Å². The molecule has 1 unspecified atom stereocenters. The van der Waals surface area contributed by atoms with E-state index in [2.05, 4.69) is 24.5 Å². The Balaban J connectivity index is 3.52. The second kappa shape index (κ2) is 6.14. The minimum atomic E-state index is 0.0104. The Morgan fingerprint density at radius 3 is 2.33 bits per heavy atom. The van der Waals surface area contributed by atoms with Gasteiger partial charge in [0.05, 0.1) is 6.04 Å². The van der Waals surface area contributed by atoms with E-state index in [-0.39, 0.29) is 11.8 Å². The fourth-order valence-corrected chi connectivity index (χ4v) is 1.07. The average Bonchev–Trinajstić information content (AvgIpc) is 1.96. The van der Waals surface area contributed by atoms with Crippen LogP contribution < -0.4 is 10.6 Å². The molecule has 0 rings (SSSR count). The van der Waals surface area contributed by atoms with Gasteiger partial charge in [-0.1, -0.05) is 13.8 Å². The highest BCUT2D eigenvalue weighted by Crippen LogP contribution is 1.91. The van der Waals surface area contributed by atoms with E-state index in [1.165, 1.54) is 0 Å². The lowest BCUT2D eigenvalue weighted by molar-refractivity contribution is -0.119. The molecule has 0 bridgehead atoms. The first-order valence-corrected chi connectivity index (χ1v) is 4.49. The third-order valence-electron chi connectivity index (χ3n) is 1.82. The first-order chi connectivity index (χ1) is 5.57. The monoisotopic (exact) mass is 172 g/mol. The molecular weight excluding hydrogens is 152 g/mol. The second-order valence-corrected chi connectivity index (χ2v) is 3.35. The van der Waals surface area contributed by atoms with Crippen molar-refractivity contribution in [3.8, 4) is 0 Å². The van der Waals surface area contributed by atoms with Gasteiger partial charge in [0.2, 0.25) is 0 Å². The van der Waals surface area contributed by atoms with Crippen LogP contribution in [0.2, 0.25) is 0 Å². The van der Waals surface area contributed by atoms with E-state index < -0.39 is 0 Å². The number of hydrogen-bond acceptors (Lipinski definition) is 3. The summed E-state index contributed by atoms with van der Waals surface area (Å²) in [5.74, 6) is 0.211. The fourth-order valence-electron chi connectivity index (χ4n) is 1.07. The molecule has 12 heavy (non-hydrogen) atoms. The van der Waals surface area contributed by atoms with Crippen LogP contribution in [0.3, 0.4) is 0 Å². The molecule has 0 saturated heterocycles. The van der Waals surface area contributed by atoms with Crippen molar-refractivity contribution < 1.29 is 4.79 Å². The summed E-state index contributed by atoms with van der Waals surface area (Å²) in [6, 6.07) is 0.505. The fraction of sp³-hybridized carbons (Fsp3) is 0.889. The molecule has 2 N–H and O–H groups in total. The second-order valence-electron chi connectivity index (χ2n) is 3.35. The predicted octanol–water partition coefficient (Wildman–Crippen LogP) is 0.551. The zero-order valence-electron chi connectivity index (χ0n) is 8.48. The van der Waals surface area contributed by atoms with Gasteiger partial charge < -0.3 is 10.6 Å². The van der Waals surface area contributed by atoms with Crippen molar-refractivity contribution in [1.29, 1.82) is 0 Å². The standard InChI is InChI=1S/C9H20N2O/c1-7(2)11-6-5-9(10-4)8(3)12/h7,9-11H,5-6H2,1-4H3. The van der Waals surface area contributed by atoms with Crippen LogP contribution in [0.5, 0.6) is 0 Å². The van der Waals surface area contributed by atoms with Crippen LogP contribution in [0.15, 0.2) is 0 Å². The van der Waals surface area contributed by atoms with E-state index in [0.717, 1.165) is 13.0 Å². The maximum absolute atomic E-state index is 11.0. The van der Waals surface area contributed by atoms with Gasteiger partial charge >= 0.3 is 0 Å². The Morgan fingerprint density at radius 1 is 1.42 bits per heavy atom. The summed E-state index contributed by atoms with van der Waals surface area (Å²) in [6.45, 7) is 6.71. The number of likely N-dealkylation sites (N-methyl/N-ethyl adjacent to an activating group) is 1. The Labute approximate surface area is 74.9 Å². The van der Waals surface area contributed by atoms with Crippen LogP contribution >= 0.6 is 0 Å². The lowest BCUT2D eigenvalue weighted by atomic mass is 10.1. The minimum Gasteiger partial charge on any atom is -0.314 e. The normalized spacial score (nSPS) is 13.4. The maximum Gasteiger partial charge on any atom is 0.146 e. The molecule has 0 heterocycles. The van der Waals surface area contributed by atoms with Crippen molar-refractivity contribution in [3.63, 3.8) is 0 Å². The SMILES string of the molecule is CNC(CCNC(C)C)C(C)=O. The van der Waals surface area contributed by atoms with Gasteiger partial charge in [-0.15, -0.1) is 0 Å². The molecule has 0 aromatic carbocycles. The lowest BCUT2D eigenvalue weighted by Crippen LogP contribution is -2.36. The van der Waals surface area contributed by atoms with Crippen molar-refractivity contribution in [2.24, 2.45) is 0 Å². The van der Waals surface area contributed by atoms with Gasteiger partial charge in [0, 0.05) is 6.04 Å². The number of hydrogen-bond donors (Lipinski definition) is 2. The van der Waals surface area contributed by atoms with E-state index in [1.807, 2.05) is 7.05 Å². The molecular formula is C9H20N2O. The highest BCUT2D eigenvalue weighted by molar-refractivity contribution is 5.81. The first-order valence-electron chi connectivity index (χ1n) is 4.49. The molecule has 0 fully saturated rings. The van der Waals surface area contributed by atoms with Crippen molar-refractivity contribution in [2.75, 3.05) is 13.6 Å². The highest BCUT2D eigenvalue weighted by atomic mass is 16.1. The van der Waals surface area contributed by atoms with Gasteiger partial charge in [-0.05, 0) is 26.9 Å². The molecule has 3 nitrogen and oxygen atoms in total. The average molecular weight is 172 g/mol. The Kier molecular flexibility index (Phi) is 5.93. The summed E-state index contributed by atoms with van der Waals surface area (Å²) >= 11 is 0. The van der Waals surface area contributed by atoms with Crippen molar-refractivity contribution >= 4 is 5.78 Å². The Bertz CT molecular complexity index is 134. The van der Waals surface area contributed by atoms with E-state index in [4.69, 9.17) is 0 Å². The van der Waals surface area contributed by atoms with E-state index in [1.54, 1.807) is 6.92 Å². The van der Waals surface area contributed by atoms with Crippen LogP contribution in [0.25, 0.3) is 0 Å². The van der Waals surface area contributed by atoms with Crippen molar-refractivity contribution in [3.05, 3.63) is 0 Å². The zero-order valence-corrected chi connectivity index (χ0v) is 8.48. The number of carbonyl (C=O) groups is 1. The summed E-state index contributed by atoms with van der Waals surface area (Å²) in [6.07, 6.45) is 0.865. The quantitative estimate of drug-likeness (QED) is 0.615. The molecule has 0 radical (unpaired) electrons. The summed E-state index contributed by atoms with van der Waals surface area (Å²) in [4.78, 5) is 11.0. The molecule has 0 aliphatic rings. The van der Waals surface area contributed by atoms with Crippen LogP contribution in [0.1, 0.15) is 27.2 Å². The Morgan fingerprint density at radius 2 is 2.00 bits per heavy atom. The molecule has 0 aromatic rings. The van der Waals surface area contributed by atoms with Crippen LogP contribution in [-0.2, 0) is 4.79 Å². The Hall–Kier alpha value is -0.410. The summed E-state index contributed by atoms with van der Waals surface area (Å²) in [5, 5.41) is 6.26. The van der Waals surface area contributed by atoms with E-state index in [0.29, 0.717) is 6.04 Å². The van der Waals surface area contributed by atoms with Crippen molar-refractivity contribution in [1.82, 2.24) is 10.6 Å². The third-order valence-corrected chi connectivity index (χ3v) is 1.82. The van der Waals surface area contributed by atoms with Crippen LogP contribution in [-0.4, -0.2) is 31.5 Å². The number of ketones is 1. The van der Waals surface area contributed by atoms with E-state index in [9.17, 15) is 4.79 Å². The topological polar surface area (TPSA) is 41.1 Å². The molecule has 1 atom stereocenters. The summed E-state index contributed by atoms with van der Waals surface area (Å²) in [5.41, 5.74) is 0. The van der Waals surface area contributed by atoms with Gasteiger partial charge in [0.15, 0.2) is 0 Å². The van der Waals surface area contributed by atoms with Crippen LogP contribution in [0, 0.1) is 0 Å². The zero-order chi connectivity index (χ0) is 9.56. The number of nitrogens with one attached hydrogen (secondary N) is 2. The molecule has 0 aliphatic carbocycles. The first kappa shape index (κ1) is 11.6. The largest absolute Gasteiger partial charge is 0.314 e. The van der Waals surface area contributed by atoms with Gasteiger partial charge in [0.25, 0.3) is 0 Å². The third kappa shape index (κ3) is 5.27. The predicted molar refractivity (Wildman–Crippen MR) is 51.3 cm³/mol. The highest BCUT2D eigenvalue weighted by Gasteiger charge is 2.10. The van der Waals surface area contributed by atoms with Gasteiger partial charge in [-0.2, -0.15) is 0 Å². The molecule has 72 valence electrons. The molecule has 0 spiro atoms. The molecule has 0 aliphatic heterocycles. The number of rotatable bonds is 6. The minimum absolute atomic E-state index is 0.0104. The number of carbonyl (C=O) groups excluding carboxylic acids is 1. The maximum atomic E-state index is 11.0. The summed E-state index contributed by atoms with van der Waals surface area (Å²) in [7, 11) is 1.82. The molecule has 3 heteroatoms. The van der Waals surface area contributed by atoms with Gasteiger partial charge in [-0.25, -0.2) is 0 Å². The summed E-state index contributed by atoms with van der Waals surface area (Å²) < 4.78 is 0. The van der Waals surface area contributed by atoms with Gasteiger partial charge in [0.1, 0.15) is 5.78 Å². The molecule has 0 aromatic heterocycles. The number of Topliss-reactive ketones (excluding diaryl/α,β-unsaturated/α-hetero) is 1. The molecule has 0 saturated carbocycles. The molecule has 0 amide bonds. The smallest absolute Gasteiger partial charge is 0.146 e. The lowest BCUT2D eigenvalue weighted by Gasteiger charge is -2.14.